The van der Waals surface area contributed by atoms with Crippen molar-refractivity contribution in [2.75, 3.05) is 20.3 Å². The van der Waals surface area contributed by atoms with Crippen LogP contribution in [0.4, 0.5) is 4.39 Å². The second kappa shape index (κ2) is 7.03. The van der Waals surface area contributed by atoms with Crippen LogP contribution < -0.4 is 4.74 Å². The van der Waals surface area contributed by atoms with Gasteiger partial charge < -0.3 is 14.6 Å². The van der Waals surface area contributed by atoms with E-state index in [0.717, 1.165) is 11.1 Å². The molecule has 0 atom stereocenters. The molecule has 0 radical (unpaired) electrons. The third-order valence-corrected chi connectivity index (χ3v) is 2.96. The maximum atomic E-state index is 12.9. The molecule has 0 heterocycles. The van der Waals surface area contributed by atoms with Gasteiger partial charge in [0, 0.05) is 12.7 Å². The van der Waals surface area contributed by atoms with Crippen molar-refractivity contribution in [1.82, 2.24) is 0 Å². The average molecular weight is 276 g/mol. The van der Waals surface area contributed by atoms with Gasteiger partial charge in [0.1, 0.15) is 18.2 Å². The second-order valence-corrected chi connectivity index (χ2v) is 4.33. The summed E-state index contributed by atoms with van der Waals surface area (Å²) in [5, 5.41) is 9.31. The largest absolute Gasteiger partial charge is 0.491 e. The molecule has 0 spiro atoms. The van der Waals surface area contributed by atoms with Crippen LogP contribution in [-0.4, -0.2) is 25.4 Å². The molecule has 0 aromatic heterocycles. The SMILES string of the molecule is COCCOc1cc(-c2ccc(F)cc2)ccc1CO. The van der Waals surface area contributed by atoms with Crippen molar-refractivity contribution in [2.45, 2.75) is 6.61 Å². The summed E-state index contributed by atoms with van der Waals surface area (Å²) in [6.45, 7) is 0.800. The van der Waals surface area contributed by atoms with Crippen LogP contribution in [0, 0.1) is 5.82 Å². The van der Waals surface area contributed by atoms with E-state index in [2.05, 4.69) is 0 Å². The van der Waals surface area contributed by atoms with Crippen molar-refractivity contribution in [3.63, 3.8) is 0 Å². The van der Waals surface area contributed by atoms with E-state index in [0.29, 0.717) is 24.5 Å². The van der Waals surface area contributed by atoms with E-state index in [1.54, 1.807) is 25.3 Å². The van der Waals surface area contributed by atoms with Gasteiger partial charge in [0.25, 0.3) is 0 Å². The molecule has 2 rings (SSSR count). The van der Waals surface area contributed by atoms with Crippen LogP contribution in [0.2, 0.25) is 0 Å². The standard InChI is InChI=1S/C16H17FO3/c1-19-8-9-20-16-10-13(2-3-14(16)11-18)12-4-6-15(17)7-5-12/h2-7,10,18H,8-9,11H2,1H3. The van der Waals surface area contributed by atoms with Crippen molar-refractivity contribution in [3.05, 3.63) is 53.8 Å². The molecule has 0 aliphatic heterocycles. The molecular weight excluding hydrogens is 259 g/mol. The highest BCUT2D eigenvalue weighted by Crippen LogP contribution is 2.27. The molecule has 0 saturated heterocycles. The van der Waals surface area contributed by atoms with Gasteiger partial charge in [0.2, 0.25) is 0 Å². The van der Waals surface area contributed by atoms with Gasteiger partial charge in [-0.15, -0.1) is 0 Å². The molecule has 0 unspecified atom stereocenters. The zero-order valence-electron chi connectivity index (χ0n) is 11.3. The van der Waals surface area contributed by atoms with Gasteiger partial charge in [-0.1, -0.05) is 24.3 Å². The van der Waals surface area contributed by atoms with E-state index in [-0.39, 0.29) is 12.4 Å². The topological polar surface area (TPSA) is 38.7 Å². The Balaban J connectivity index is 2.26. The number of ether oxygens (including phenoxy) is 2. The van der Waals surface area contributed by atoms with E-state index in [1.807, 2.05) is 12.1 Å². The fourth-order valence-corrected chi connectivity index (χ4v) is 1.88. The normalized spacial score (nSPS) is 10.6. The lowest BCUT2D eigenvalue weighted by Crippen LogP contribution is -2.06. The molecular formula is C16H17FO3. The summed E-state index contributed by atoms with van der Waals surface area (Å²) in [7, 11) is 1.60. The van der Waals surface area contributed by atoms with Gasteiger partial charge in [-0.25, -0.2) is 4.39 Å². The lowest BCUT2D eigenvalue weighted by Gasteiger charge is -2.12. The minimum atomic E-state index is -0.266. The Morgan fingerprint density at radius 3 is 2.35 bits per heavy atom. The Morgan fingerprint density at radius 2 is 1.70 bits per heavy atom. The van der Waals surface area contributed by atoms with E-state index in [9.17, 15) is 9.50 Å². The molecule has 1 N–H and O–H groups in total. The predicted molar refractivity (Wildman–Crippen MR) is 75.1 cm³/mol. The fraction of sp³-hybridized carbons (Fsp3) is 0.250. The molecule has 20 heavy (non-hydrogen) atoms. The zero-order chi connectivity index (χ0) is 14.4. The zero-order valence-corrected chi connectivity index (χ0v) is 11.3. The minimum absolute atomic E-state index is 0.0913. The maximum Gasteiger partial charge on any atom is 0.125 e. The van der Waals surface area contributed by atoms with Gasteiger partial charge in [-0.2, -0.15) is 0 Å². The predicted octanol–water partition coefficient (Wildman–Crippen LogP) is 3.01. The van der Waals surface area contributed by atoms with E-state index in [1.165, 1.54) is 12.1 Å². The Morgan fingerprint density at radius 1 is 1.00 bits per heavy atom. The van der Waals surface area contributed by atoms with Crippen molar-refractivity contribution in [3.8, 4) is 16.9 Å². The third kappa shape index (κ3) is 3.56. The monoisotopic (exact) mass is 276 g/mol. The molecule has 0 aliphatic rings. The number of hydrogen-bond acceptors (Lipinski definition) is 3. The first-order valence-corrected chi connectivity index (χ1v) is 6.36. The average Bonchev–Trinajstić information content (AvgIpc) is 2.48. The Kier molecular flexibility index (Phi) is 5.09. The van der Waals surface area contributed by atoms with Crippen molar-refractivity contribution in [2.24, 2.45) is 0 Å². The summed E-state index contributed by atoms with van der Waals surface area (Å²) in [6.07, 6.45) is 0. The van der Waals surface area contributed by atoms with Crippen molar-refractivity contribution in [1.29, 1.82) is 0 Å². The third-order valence-electron chi connectivity index (χ3n) is 2.96. The van der Waals surface area contributed by atoms with E-state index in [4.69, 9.17) is 9.47 Å². The first-order valence-electron chi connectivity index (χ1n) is 6.36. The number of rotatable bonds is 6. The molecule has 0 amide bonds. The van der Waals surface area contributed by atoms with Crippen LogP contribution in [0.1, 0.15) is 5.56 Å². The summed E-state index contributed by atoms with van der Waals surface area (Å²) in [6, 6.07) is 11.8. The smallest absolute Gasteiger partial charge is 0.125 e. The lowest BCUT2D eigenvalue weighted by molar-refractivity contribution is 0.144. The molecule has 2 aromatic rings. The quantitative estimate of drug-likeness (QED) is 0.824. The van der Waals surface area contributed by atoms with Crippen LogP contribution in [-0.2, 0) is 11.3 Å². The first kappa shape index (κ1) is 14.5. The van der Waals surface area contributed by atoms with Crippen molar-refractivity contribution < 1.29 is 19.0 Å². The summed E-state index contributed by atoms with van der Waals surface area (Å²) < 4.78 is 23.5. The highest BCUT2D eigenvalue weighted by molar-refractivity contribution is 5.66. The number of methoxy groups -OCH3 is 1. The Labute approximate surface area is 117 Å². The molecule has 0 fully saturated rings. The van der Waals surface area contributed by atoms with E-state index < -0.39 is 0 Å². The fourth-order valence-electron chi connectivity index (χ4n) is 1.88. The molecule has 2 aromatic carbocycles. The van der Waals surface area contributed by atoms with Gasteiger partial charge in [-0.3, -0.25) is 0 Å². The Hall–Kier alpha value is -1.91. The molecule has 0 aliphatic carbocycles. The number of aliphatic hydroxyl groups excluding tert-OH is 1. The van der Waals surface area contributed by atoms with Gasteiger partial charge in [-0.05, 0) is 29.3 Å². The summed E-state index contributed by atoms with van der Waals surface area (Å²) in [4.78, 5) is 0. The second-order valence-electron chi connectivity index (χ2n) is 4.33. The number of hydrogen-bond donors (Lipinski definition) is 1. The molecule has 0 saturated carbocycles. The summed E-state index contributed by atoms with van der Waals surface area (Å²) >= 11 is 0. The summed E-state index contributed by atoms with van der Waals surface area (Å²) in [5.41, 5.74) is 2.52. The maximum absolute atomic E-state index is 12.9. The van der Waals surface area contributed by atoms with Gasteiger partial charge in [0.15, 0.2) is 0 Å². The molecule has 3 nitrogen and oxygen atoms in total. The number of aliphatic hydroxyl groups is 1. The highest BCUT2D eigenvalue weighted by atomic mass is 19.1. The Bertz CT molecular complexity index is 552. The van der Waals surface area contributed by atoms with E-state index >= 15 is 0 Å². The van der Waals surface area contributed by atoms with Crippen molar-refractivity contribution >= 4 is 0 Å². The summed E-state index contributed by atoms with van der Waals surface area (Å²) in [5.74, 6) is 0.351. The minimum Gasteiger partial charge on any atom is -0.491 e. The molecule has 106 valence electrons. The highest BCUT2D eigenvalue weighted by Gasteiger charge is 2.06. The molecule has 4 heteroatoms. The lowest BCUT2D eigenvalue weighted by atomic mass is 10.0. The van der Waals surface area contributed by atoms with Gasteiger partial charge in [0.05, 0.1) is 13.2 Å². The van der Waals surface area contributed by atoms with Gasteiger partial charge >= 0.3 is 0 Å². The van der Waals surface area contributed by atoms with Crippen LogP contribution in [0.15, 0.2) is 42.5 Å². The van der Waals surface area contributed by atoms with Crippen LogP contribution >= 0.6 is 0 Å². The van der Waals surface area contributed by atoms with Crippen LogP contribution in [0.25, 0.3) is 11.1 Å². The number of halogens is 1. The first-order chi connectivity index (χ1) is 9.74. The van der Waals surface area contributed by atoms with Crippen LogP contribution in [0.3, 0.4) is 0 Å². The number of benzene rings is 2. The molecule has 0 bridgehead atoms. The van der Waals surface area contributed by atoms with Crippen LogP contribution in [0.5, 0.6) is 5.75 Å².